The van der Waals surface area contributed by atoms with Gasteiger partial charge in [0, 0.05) is 25.7 Å². The van der Waals surface area contributed by atoms with Crippen LogP contribution in [-0.4, -0.2) is 31.8 Å². The van der Waals surface area contributed by atoms with Crippen molar-refractivity contribution in [2.75, 3.05) is 19.7 Å². The Morgan fingerprint density at radius 3 is 3.00 bits per heavy atom. The Balaban J connectivity index is 2.28. The van der Waals surface area contributed by atoms with Crippen molar-refractivity contribution in [1.29, 1.82) is 0 Å². The van der Waals surface area contributed by atoms with E-state index in [1.54, 1.807) is 0 Å². The SMILES string of the molecule is C=C(C)CNC(CN)C1CCCO1. The van der Waals surface area contributed by atoms with Crippen LogP contribution >= 0.6 is 0 Å². The molecule has 2 atom stereocenters. The summed E-state index contributed by atoms with van der Waals surface area (Å²) in [6.07, 6.45) is 2.60. The summed E-state index contributed by atoms with van der Waals surface area (Å²) in [7, 11) is 0. The van der Waals surface area contributed by atoms with Gasteiger partial charge >= 0.3 is 0 Å². The minimum Gasteiger partial charge on any atom is -0.377 e. The average molecular weight is 184 g/mol. The number of ether oxygens (including phenoxy) is 1. The van der Waals surface area contributed by atoms with Crippen molar-refractivity contribution in [1.82, 2.24) is 5.32 Å². The van der Waals surface area contributed by atoms with Gasteiger partial charge in [0.05, 0.1) is 6.10 Å². The molecule has 76 valence electrons. The fourth-order valence-corrected chi connectivity index (χ4v) is 1.59. The maximum absolute atomic E-state index is 5.67. The third-order valence-corrected chi connectivity index (χ3v) is 2.33. The minimum atomic E-state index is 0.291. The summed E-state index contributed by atoms with van der Waals surface area (Å²) < 4.78 is 5.57. The number of nitrogens with two attached hydrogens (primary N) is 1. The molecule has 0 aliphatic carbocycles. The van der Waals surface area contributed by atoms with Gasteiger partial charge in [-0.1, -0.05) is 12.2 Å². The van der Waals surface area contributed by atoms with Crippen molar-refractivity contribution in [2.24, 2.45) is 5.73 Å². The van der Waals surface area contributed by atoms with Crippen molar-refractivity contribution in [3.05, 3.63) is 12.2 Å². The minimum absolute atomic E-state index is 0.291. The Kier molecular flexibility index (Phi) is 4.42. The molecule has 3 N–H and O–H groups in total. The fourth-order valence-electron chi connectivity index (χ4n) is 1.59. The van der Waals surface area contributed by atoms with Crippen LogP contribution in [0.25, 0.3) is 0 Å². The second-order valence-corrected chi connectivity index (χ2v) is 3.73. The zero-order chi connectivity index (χ0) is 9.68. The molecule has 1 saturated heterocycles. The van der Waals surface area contributed by atoms with Gasteiger partial charge in [0.1, 0.15) is 0 Å². The summed E-state index contributed by atoms with van der Waals surface area (Å²) in [5.41, 5.74) is 6.80. The lowest BCUT2D eigenvalue weighted by Gasteiger charge is -2.22. The lowest BCUT2D eigenvalue weighted by molar-refractivity contribution is 0.0817. The summed E-state index contributed by atoms with van der Waals surface area (Å²) >= 11 is 0. The summed E-state index contributed by atoms with van der Waals surface area (Å²) in [5.74, 6) is 0. The van der Waals surface area contributed by atoms with Crippen molar-refractivity contribution in [3.63, 3.8) is 0 Å². The Labute approximate surface area is 80.3 Å². The molecule has 0 aromatic rings. The van der Waals surface area contributed by atoms with Crippen LogP contribution in [0, 0.1) is 0 Å². The standard InChI is InChI=1S/C10H20N2O/c1-8(2)7-12-9(6-11)10-4-3-5-13-10/h9-10,12H,1,3-7,11H2,2H3. The molecule has 1 rings (SSSR count). The molecule has 2 unspecified atom stereocenters. The number of rotatable bonds is 5. The third-order valence-electron chi connectivity index (χ3n) is 2.33. The molecule has 1 aliphatic heterocycles. The molecule has 13 heavy (non-hydrogen) atoms. The first-order chi connectivity index (χ1) is 6.24. The summed E-state index contributed by atoms with van der Waals surface area (Å²) in [6, 6.07) is 0.291. The zero-order valence-electron chi connectivity index (χ0n) is 8.38. The van der Waals surface area contributed by atoms with E-state index >= 15 is 0 Å². The molecule has 0 saturated carbocycles. The van der Waals surface area contributed by atoms with E-state index in [4.69, 9.17) is 10.5 Å². The lowest BCUT2D eigenvalue weighted by atomic mass is 10.1. The molecule has 0 radical (unpaired) electrons. The van der Waals surface area contributed by atoms with Crippen LogP contribution in [0.3, 0.4) is 0 Å². The predicted molar refractivity (Wildman–Crippen MR) is 54.6 cm³/mol. The molecule has 3 nitrogen and oxygen atoms in total. The average Bonchev–Trinajstić information content (AvgIpc) is 2.58. The molecule has 0 amide bonds. The maximum atomic E-state index is 5.67. The normalized spacial score (nSPS) is 24.6. The fraction of sp³-hybridized carbons (Fsp3) is 0.800. The van der Waals surface area contributed by atoms with E-state index in [1.165, 1.54) is 0 Å². The topological polar surface area (TPSA) is 47.3 Å². The van der Waals surface area contributed by atoms with Gasteiger partial charge in [0.2, 0.25) is 0 Å². The predicted octanol–water partition coefficient (Wildman–Crippen LogP) is 0.658. The molecule has 0 bridgehead atoms. The van der Waals surface area contributed by atoms with Crippen molar-refractivity contribution >= 4 is 0 Å². The van der Waals surface area contributed by atoms with Crippen LogP contribution in [-0.2, 0) is 4.74 Å². The number of hydrogen-bond acceptors (Lipinski definition) is 3. The molecule has 0 spiro atoms. The lowest BCUT2D eigenvalue weighted by Crippen LogP contribution is -2.45. The molecule has 0 aromatic carbocycles. The van der Waals surface area contributed by atoms with Crippen LogP contribution in [0.2, 0.25) is 0 Å². The summed E-state index contributed by atoms with van der Waals surface area (Å²) in [5, 5.41) is 3.36. The van der Waals surface area contributed by atoms with Crippen LogP contribution in [0.15, 0.2) is 12.2 Å². The maximum Gasteiger partial charge on any atom is 0.0741 e. The van der Waals surface area contributed by atoms with Crippen molar-refractivity contribution < 1.29 is 4.74 Å². The van der Waals surface area contributed by atoms with E-state index in [1.807, 2.05) is 6.92 Å². The second kappa shape index (κ2) is 5.37. The Morgan fingerprint density at radius 1 is 1.77 bits per heavy atom. The molecule has 1 heterocycles. The first kappa shape index (κ1) is 10.7. The monoisotopic (exact) mass is 184 g/mol. The molecule has 1 aliphatic rings. The smallest absolute Gasteiger partial charge is 0.0741 e. The third kappa shape index (κ3) is 3.46. The van der Waals surface area contributed by atoms with Crippen molar-refractivity contribution in [2.45, 2.75) is 31.9 Å². The molecule has 1 fully saturated rings. The van der Waals surface area contributed by atoms with E-state index in [2.05, 4.69) is 11.9 Å². The summed E-state index contributed by atoms with van der Waals surface area (Å²) in [4.78, 5) is 0. The van der Waals surface area contributed by atoms with E-state index in [9.17, 15) is 0 Å². The molecular formula is C10H20N2O. The molecule has 3 heteroatoms. The Morgan fingerprint density at radius 2 is 2.54 bits per heavy atom. The Hall–Kier alpha value is -0.380. The highest BCUT2D eigenvalue weighted by Crippen LogP contribution is 2.15. The van der Waals surface area contributed by atoms with Gasteiger partial charge in [-0.3, -0.25) is 0 Å². The largest absolute Gasteiger partial charge is 0.377 e. The molecular weight excluding hydrogens is 164 g/mol. The first-order valence-electron chi connectivity index (χ1n) is 4.93. The summed E-state index contributed by atoms with van der Waals surface area (Å²) in [6.45, 7) is 8.21. The van der Waals surface area contributed by atoms with Crippen LogP contribution in [0.1, 0.15) is 19.8 Å². The highest BCUT2D eigenvalue weighted by atomic mass is 16.5. The van der Waals surface area contributed by atoms with Gasteiger partial charge in [-0.15, -0.1) is 0 Å². The first-order valence-corrected chi connectivity index (χ1v) is 4.93. The highest BCUT2D eigenvalue weighted by molar-refractivity contribution is 4.93. The van der Waals surface area contributed by atoms with Gasteiger partial charge in [-0.25, -0.2) is 0 Å². The second-order valence-electron chi connectivity index (χ2n) is 3.73. The number of nitrogens with one attached hydrogen (secondary N) is 1. The van der Waals surface area contributed by atoms with Crippen LogP contribution < -0.4 is 11.1 Å². The van der Waals surface area contributed by atoms with Gasteiger partial charge in [-0.05, 0) is 19.8 Å². The quantitative estimate of drug-likeness (QED) is 0.617. The zero-order valence-corrected chi connectivity index (χ0v) is 8.38. The van der Waals surface area contributed by atoms with Crippen LogP contribution in [0.4, 0.5) is 0 Å². The molecule has 0 aromatic heterocycles. The van der Waals surface area contributed by atoms with E-state index < -0.39 is 0 Å². The van der Waals surface area contributed by atoms with Crippen molar-refractivity contribution in [3.8, 4) is 0 Å². The van der Waals surface area contributed by atoms with Gasteiger partial charge in [0.25, 0.3) is 0 Å². The van der Waals surface area contributed by atoms with E-state index in [0.717, 1.165) is 31.6 Å². The van der Waals surface area contributed by atoms with E-state index in [-0.39, 0.29) is 0 Å². The van der Waals surface area contributed by atoms with Gasteiger partial charge in [-0.2, -0.15) is 0 Å². The van der Waals surface area contributed by atoms with Crippen LogP contribution in [0.5, 0.6) is 0 Å². The Bertz CT molecular complexity index is 164. The van der Waals surface area contributed by atoms with Gasteiger partial charge < -0.3 is 15.8 Å². The van der Waals surface area contributed by atoms with E-state index in [0.29, 0.717) is 18.7 Å². The highest BCUT2D eigenvalue weighted by Gasteiger charge is 2.23. The number of hydrogen-bond donors (Lipinski definition) is 2. The van der Waals surface area contributed by atoms with Gasteiger partial charge in [0.15, 0.2) is 0 Å².